The minimum atomic E-state index is -0.203. The lowest BCUT2D eigenvalue weighted by molar-refractivity contribution is 0.102. The van der Waals surface area contributed by atoms with E-state index in [1.54, 1.807) is 35.9 Å². The van der Waals surface area contributed by atoms with Crippen LogP contribution in [-0.2, 0) is 6.42 Å². The van der Waals surface area contributed by atoms with Crippen molar-refractivity contribution in [3.05, 3.63) is 57.5 Å². The zero-order valence-corrected chi connectivity index (χ0v) is 11.9. The third-order valence-corrected chi connectivity index (χ3v) is 4.25. The monoisotopic (exact) mass is 302 g/mol. The number of aromatic nitrogens is 3. The highest BCUT2D eigenvalue weighted by Crippen LogP contribution is 2.21. The summed E-state index contributed by atoms with van der Waals surface area (Å²) < 4.78 is 0. The molecule has 0 radical (unpaired) electrons. The van der Waals surface area contributed by atoms with E-state index in [1.807, 2.05) is 11.4 Å². The zero-order valence-electron chi connectivity index (χ0n) is 10.3. The molecule has 0 saturated heterocycles. The molecule has 3 rings (SSSR count). The lowest BCUT2D eigenvalue weighted by Gasteiger charge is -1.99. The van der Waals surface area contributed by atoms with Crippen molar-refractivity contribution in [3.63, 3.8) is 0 Å². The summed E-state index contributed by atoms with van der Waals surface area (Å²) in [6.45, 7) is 0. The molecule has 5 nitrogen and oxygen atoms in total. The standard InChI is InChI=1S/C13H10N4OS2/c18-12(9-3-5-14-6-4-9)15-13-17-16-11(20-13)8-10-2-1-7-19-10/h1-7H,8H2,(H,15,17,18). The Hall–Kier alpha value is -2.12. The van der Waals surface area contributed by atoms with E-state index in [-0.39, 0.29) is 5.91 Å². The number of pyridine rings is 1. The Labute approximate surface area is 123 Å². The molecule has 1 N–H and O–H groups in total. The molecule has 3 aromatic rings. The van der Waals surface area contributed by atoms with Crippen molar-refractivity contribution in [1.29, 1.82) is 0 Å². The molecule has 0 unspecified atom stereocenters. The second-order valence-corrected chi connectivity index (χ2v) is 6.04. The third kappa shape index (κ3) is 3.06. The number of thiophene rings is 1. The van der Waals surface area contributed by atoms with Gasteiger partial charge in [0.2, 0.25) is 5.13 Å². The summed E-state index contributed by atoms with van der Waals surface area (Å²) >= 11 is 3.07. The van der Waals surface area contributed by atoms with E-state index in [1.165, 1.54) is 16.2 Å². The summed E-state index contributed by atoms with van der Waals surface area (Å²) in [5.74, 6) is -0.203. The Morgan fingerprint density at radius 2 is 2.05 bits per heavy atom. The summed E-state index contributed by atoms with van der Waals surface area (Å²) in [4.78, 5) is 17.0. The Kier molecular flexibility index (Phi) is 3.80. The third-order valence-electron chi connectivity index (χ3n) is 2.54. The lowest BCUT2D eigenvalue weighted by atomic mass is 10.2. The van der Waals surface area contributed by atoms with Crippen LogP contribution in [0.5, 0.6) is 0 Å². The highest BCUT2D eigenvalue weighted by molar-refractivity contribution is 7.15. The number of hydrogen-bond acceptors (Lipinski definition) is 6. The summed E-state index contributed by atoms with van der Waals surface area (Å²) in [7, 11) is 0. The molecule has 3 aromatic heterocycles. The van der Waals surface area contributed by atoms with Gasteiger partial charge in [-0.05, 0) is 23.6 Å². The predicted molar refractivity (Wildman–Crippen MR) is 79.2 cm³/mol. The van der Waals surface area contributed by atoms with Crippen molar-refractivity contribution in [3.8, 4) is 0 Å². The normalized spacial score (nSPS) is 10.4. The maximum atomic E-state index is 11.9. The van der Waals surface area contributed by atoms with E-state index in [0.29, 0.717) is 10.7 Å². The summed E-state index contributed by atoms with van der Waals surface area (Å²) in [5.41, 5.74) is 0.551. The number of hydrogen-bond donors (Lipinski definition) is 1. The van der Waals surface area contributed by atoms with Gasteiger partial charge in [-0.1, -0.05) is 17.4 Å². The number of amides is 1. The van der Waals surface area contributed by atoms with Crippen molar-refractivity contribution in [2.75, 3.05) is 5.32 Å². The van der Waals surface area contributed by atoms with Crippen LogP contribution in [0, 0.1) is 0 Å². The first-order valence-corrected chi connectivity index (χ1v) is 7.57. The van der Waals surface area contributed by atoms with Crippen molar-refractivity contribution in [2.45, 2.75) is 6.42 Å². The summed E-state index contributed by atoms with van der Waals surface area (Å²) in [6.07, 6.45) is 3.91. The van der Waals surface area contributed by atoms with Gasteiger partial charge >= 0.3 is 0 Å². The van der Waals surface area contributed by atoms with Gasteiger partial charge in [0.15, 0.2) is 0 Å². The Morgan fingerprint density at radius 3 is 2.80 bits per heavy atom. The SMILES string of the molecule is O=C(Nc1nnc(Cc2cccs2)s1)c1ccncc1. The number of nitrogens with zero attached hydrogens (tertiary/aromatic N) is 3. The van der Waals surface area contributed by atoms with Crippen molar-refractivity contribution in [2.24, 2.45) is 0 Å². The largest absolute Gasteiger partial charge is 0.296 e. The first-order chi connectivity index (χ1) is 9.81. The Balaban J connectivity index is 1.67. The molecule has 0 aliphatic rings. The van der Waals surface area contributed by atoms with Gasteiger partial charge in [-0.25, -0.2) is 0 Å². The van der Waals surface area contributed by atoms with Gasteiger partial charge in [0.1, 0.15) is 5.01 Å². The molecular weight excluding hydrogens is 292 g/mol. The molecule has 20 heavy (non-hydrogen) atoms. The smallest absolute Gasteiger partial charge is 0.257 e. The van der Waals surface area contributed by atoms with Gasteiger partial charge in [-0.3, -0.25) is 15.1 Å². The zero-order chi connectivity index (χ0) is 13.8. The van der Waals surface area contributed by atoms with Gasteiger partial charge in [-0.2, -0.15) is 0 Å². The fraction of sp³-hybridized carbons (Fsp3) is 0.0769. The van der Waals surface area contributed by atoms with Crippen molar-refractivity contribution < 1.29 is 4.79 Å². The van der Waals surface area contributed by atoms with Crippen molar-refractivity contribution in [1.82, 2.24) is 15.2 Å². The molecule has 0 fully saturated rings. The average Bonchev–Trinajstić information content (AvgIpc) is 3.12. The molecule has 3 heterocycles. The van der Waals surface area contributed by atoms with Crippen LogP contribution in [0.15, 0.2) is 42.0 Å². The van der Waals surface area contributed by atoms with Gasteiger partial charge in [0.05, 0.1) is 0 Å². The first kappa shape index (κ1) is 12.9. The van der Waals surface area contributed by atoms with Crippen LogP contribution in [-0.4, -0.2) is 21.1 Å². The highest BCUT2D eigenvalue weighted by atomic mass is 32.1. The van der Waals surface area contributed by atoms with Crippen LogP contribution in [0.25, 0.3) is 0 Å². The van der Waals surface area contributed by atoms with E-state index < -0.39 is 0 Å². The van der Waals surface area contributed by atoms with Crippen LogP contribution >= 0.6 is 22.7 Å². The first-order valence-electron chi connectivity index (χ1n) is 5.87. The van der Waals surface area contributed by atoms with Crippen LogP contribution in [0.2, 0.25) is 0 Å². The van der Waals surface area contributed by atoms with Crippen LogP contribution in [0.1, 0.15) is 20.2 Å². The maximum absolute atomic E-state index is 11.9. The van der Waals surface area contributed by atoms with Gasteiger partial charge in [-0.15, -0.1) is 21.5 Å². The minimum absolute atomic E-state index is 0.203. The summed E-state index contributed by atoms with van der Waals surface area (Å²) in [5, 5.41) is 14.2. The van der Waals surface area contributed by atoms with E-state index in [0.717, 1.165) is 11.4 Å². The second-order valence-electron chi connectivity index (χ2n) is 3.95. The number of rotatable bonds is 4. The summed E-state index contributed by atoms with van der Waals surface area (Å²) in [6, 6.07) is 7.38. The molecule has 0 aliphatic carbocycles. The van der Waals surface area contributed by atoms with Gasteiger partial charge in [0, 0.05) is 29.3 Å². The number of carbonyl (C=O) groups is 1. The topological polar surface area (TPSA) is 67.8 Å². The molecule has 0 aliphatic heterocycles. The molecule has 0 saturated carbocycles. The molecule has 7 heteroatoms. The highest BCUT2D eigenvalue weighted by Gasteiger charge is 2.10. The minimum Gasteiger partial charge on any atom is -0.296 e. The van der Waals surface area contributed by atoms with Crippen LogP contribution in [0.4, 0.5) is 5.13 Å². The molecule has 0 spiro atoms. The van der Waals surface area contributed by atoms with Gasteiger partial charge in [0.25, 0.3) is 5.91 Å². The predicted octanol–water partition coefficient (Wildman–Crippen LogP) is 2.84. The molecular formula is C13H10N4OS2. The fourth-order valence-electron chi connectivity index (χ4n) is 1.61. The maximum Gasteiger partial charge on any atom is 0.257 e. The van der Waals surface area contributed by atoms with E-state index in [9.17, 15) is 4.79 Å². The van der Waals surface area contributed by atoms with Crippen LogP contribution < -0.4 is 5.32 Å². The number of nitrogens with one attached hydrogen (secondary N) is 1. The Morgan fingerprint density at radius 1 is 1.20 bits per heavy atom. The second kappa shape index (κ2) is 5.89. The van der Waals surface area contributed by atoms with Gasteiger partial charge < -0.3 is 0 Å². The van der Waals surface area contributed by atoms with E-state index in [4.69, 9.17) is 0 Å². The molecule has 0 bridgehead atoms. The number of anilines is 1. The molecule has 100 valence electrons. The van der Waals surface area contributed by atoms with E-state index >= 15 is 0 Å². The van der Waals surface area contributed by atoms with Crippen molar-refractivity contribution >= 4 is 33.7 Å². The molecule has 1 amide bonds. The lowest BCUT2D eigenvalue weighted by Crippen LogP contribution is -2.11. The fourth-order valence-corrected chi connectivity index (χ4v) is 3.17. The Bertz CT molecular complexity index is 694. The van der Waals surface area contributed by atoms with E-state index in [2.05, 4.69) is 26.6 Å². The average molecular weight is 302 g/mol. The molecule has 0 atom stereocenters. The molecule has 0 aromatic carbocycles. The quantitative estimate of drug-likeness (QED) is 0.804. The number of carbonyl (C=O) groups excluding carboxylic acids is 1. The van der Waals surface area contributed by atoms with Crippen LogP contribution in [0.3, 0.4) is 0 Å².